The number of hydrogen-bond acceptors (Lipinski definition) is 3. The maximum absolute atomic E-state index is 13.5. The van der Waals surface area contributed by atoms with Crippen molar-refractivity contribution in [1.82, 2.24) is 0 Å². The Morgan fingerprint density at radius 1 is 0.436 bits per heavy atom. The van der Waals surface area contributed by atoms with Gasteiger partial charge in [0.15, 0.2) is 0 Å². The van der Waals surface area contributed by atoms with Crippen molar-refractivity contribution >= 4 is 10.1 Å². The maximum Gasteiger partial charge on any atom is 1.00 e. The van der Waals surface area contributed by atoms with E-state index in [4.69, 9.17) is 0 Å². The van der Waals surface area contributed by atoms with Gasteiger partial charge >= 0.3 is 72.2 Å². The van der Waals surface area contributed by atoms with E-state index < -0.39 is 81.5 Å². The second kappa shape index (κ2) is 10.4. The van der Waals surface area contributed by atoms with Gasteiger partial charge in [-0.1, -0.05) is 0 Å². The van der Waals surface area contributed by atoms with E-state index in [1.54, 1.807) is 0 Å². The Morgan fingerprint density at radius 3 is 0.846 bits per heavy atom. The molecule has 0 spiro atoms. The molecule has 0 amide bonds. The largest absolute Gasteiger partial charge is 1.00 e. The van der Waals surface area contributed by atoms with Gasteiger partial charge in [-0.25, -0.2) is 26.0 Å². The fourth-order valence-electron chi connectivity index (χ4n) is 2.06. The van der Waals surface area contributed by atoms with Crippen molar-refractivity contribution in [3.63, 3.8) is 0 Å². The molecule has 0 aliphatic carbocycles. The Hall–Kier alpha value is -1.03. The SMILES string of the molecule is O=S(=O)([O-])C(F)C(F)(F)C(F)(F)C(F)(F)C(F)(F)C(F)(F)C(F)(F)C(F)(F)C(F)(F)C(F)(F)C(F)C(F)F.[Li+]. The van der Waals surface area contributed by atoms with Crippen molar-refractivity contribution < 1.29 is 128 Å². The third-order valence-electron chi connectivity index (χ3n) is 4.31. The summed E-state index contributed by atoms with van der Waals surface area (Å²) in [6.07, 6.45) is -11.6. The van der Waals surface area contributed by atoms with Crippen molar-refractivity contribution in [2.24, 2.45) is 0 Å². The number of halogens is 22. The van der Waals surface area contributed by atoms with Gasteiger partial charge in [-0.15, -0.1) is 0 Å². The minimum atomic E-state index is -9.40. The van der Waals surface area contributed by atoms with Gasteiger partial charge in [-0.05, 0) is 0 Å². The second-order valence-corrected chi connectivity index (χ2v) is 8.21. The van der Waals surface area contributed by atoms with Crippen molar-refractivity contribution in [2.45, 2.75) is 71.4 Å². The summed E-state index contributed by atoms with van der Waals surface area (Å²) in [6.45, 7) is 0. The average Bonchev–Trinajstić information content (AvgIpc) is 2.70. The second-order valence-electron chi connectivity index (χ2n) is 6.81. The van der Waals surface area contributed by atoms with Crippen molar-refractivity contribution in [3.05, 3.63) is 0 Å². The van der Waals surface area contributed by atoms with Crippen LogP contribution in [0, 0.1) is 0 Å². The van der Waals surface area contributed by atoms with E-state index in [2.05, 4.69) is 0 Å². The van der Waals surface area contributed by atoms with Crippen LogP contribution in [0.15, 0.2) is 0 Å². The molecule has 0 saturated carbocycles. The summed E-state index contributed by atoms with van der Waals surface area (Å²) < 4.78 is 319. The minimum absolute atomic E-state index is 0. The van der Waals surface area contributed by atoms with E-state index in [1.807, 2.05) is 0 Å². The van der Waals surface area contributed by atoms with Crippen LogP contribution in [-0.2, 0) is 10.1 Å². The minimum Gasteiger partial charge on any atom is -0.746 e. The summed E-state index contributed by atoms with van der Waals surface area (Å²) >= 11 is 0. The monoisotopic (exact) mass is 652 g/mol. The van der Waals surface area contributed by atoms with E-state index in [0.717, 1.165) is 0 Å². The van der Waals surface area contributed by atoms with Gasteiger partial charge in [0.1, 0.15) is 10.1 Å². The van der Waals surface area contributed by atoms with Crippen LogP contribution >= 0.6 is 0 Å². The molecule has 0 radical (unpaired) electrons. The first-order valence-electron chi connectivity index (χ1n) is 7.92. The van der Waals surface area contributed by atoms with Crippen LogP contribution < -0.4 is 18.9 Å². The van der Waals surface area contributed by atoms with Crippen LogP contribution in [-0.4, -0.2) is 84.4 Å². The Kier molecular flexibility index (Phi) is 10.6. The molecule has 0 bridgehead atoms. The van der Waals surface area contributed by atoms with Crippen molar-refractivity contribution in [2.75, 3.05) is 0 Å². The first-order valence-corrected chi connectivity index (χ1v) is 9.39. The van der Waals surface area contributed by atoms with Gasteiger partial charge in [0.05, 0.1) is 0 Å². The summed E-state index contributed by atoms with van der Waals surface area (Å²) in [5.41, 5.74) is -6.30. The van der Waals surface area contributed by atoms with Gasteiger partial charge in [-0.2, -0.15) is 79.0 Å². The number of rotatable bonds is 12. The van der Waals surface area contributed by atoms with E-state index in [-0.39, 0.29) is 18.9 Å². The molecule has 0 heterocycles. The molecule has 2 atom stereocenters. The number of hydrogen-bond donors (Lipinski definition) is 0. The third-order valence-corrected chi connectivity index (χ3v) is 5.11. The molecule has 0 aromatic carbocycles. The van der Waals surface area contributed by atoms with Crippen molar-refractivity contribution in [1.29, 1.82) is 0 Å². The zero-order valence-electron chi connectivity index (χ0n) is 17.2. The van der Waals surface area contributed by atoms with Crippen LogP contribution in [0.3, 0.4) is 0 Å². The molecule has 39 heavy (non-hydrogen) atoms. The summed E-state index contributed by atoms with van der Waals surface area (Å²) in [6, 6.07) is 0. The Morgan fingerprint density at radius 2 is 0.641 bits per heavy atom. The van der Waals surface area contributed by atoms with Gasteiger partial charge in [0.2, 0.25) is 6.17 Å². The Labute approximate surface area is 210 Å². The smallest absolute Gasteiger partial charge is 0.746 e. The molecule has 0 rings (SSSR count). The van der Waals surface area contributed by atoms with Crippen LogP contribution in [0.2, 0.25) is 0 Å². The quantitative estimate of drug-likeness (QED) is 0.185. The topological polar surface area (TPSA) is 57.2 Å². The van der Waals surface area contributed by atoms with Crippen molar-refractivity contribution in [3.8, 4) is 0 Å². The molecule has 27 heteroatoms. The van der Waals surface area contributed by atoms with Gasteiger partial charge in [0.25, 0.3) is 11.9 Å². The molecule has 2 unspecified atom stereocenters. The van der Waals surface area contributed by atoms with Gasteiger partial charge < -0.3 is 4.55 Å². The van der Waals surface area contributed by atoms with Crippen LogP contribution in [0.25, 0.3) is 0 Å². The summed E-state index contributed by atoms with van der Waals surface area (Å²) in [4.78, 5) is 0. The molecule has 0 saturated heterocycles. The number of alkyl halides is 22. The molecule has 0 aromatic rings. The molecule has 0 aliphatic heterocycles. The predicted octanol–water partition coefficient (Wildman–Crippen LogP) is 3.15. The van der Waals surface area contributed by atoms with Crippen LogP contribution in [0.4, 0.5) is 96.6 Å². The molecule has 0 aliphatic rings. The van der Waals surface area contributed by atoms with Crippen LogP contribution in [0.1, 0.15) is 0 Å². The Bertz CT molecular complexity index is 977. The zero-order valence-corrected chi connectivity index (χ0v) is 18.0. The third kappa shape index (κ3) is 5.23. The molecule has 0 fully saturated rings. The summed E-state index contributed by atoms with van der Waals surface area (Å²) in [5.74, 6) is -80.0. The summed E-state index contributed by atoms with van der Waals surface area (Å²) in [7, 11) is -7.65. The predicted molar refractivity (Wildman–Crippen MR) is 70.0 cm³/mol. The molecule has 3 nitrogen and oxygen atoms in total. The maximum atomic E-state index is 13.5. The molecule has 0 aromatic heterocycles. The average molecular weight is 652 g/mol. The van der Waals surface area contributed by atoms with E-state index in [0.29, 0.717) is 0 Å². The molecule has 230 valence electrons. The van der Waals surface area contributed by atoms with Gasteiger partial charge in [0, 0.05) is 0 Å². The fraction of sp³-hybridized carbons (Fsp3) is 1.00. The van der Waals surface area contributed by atoms with Gasteiger partial charge in [-0.3, -0.25) is 0 Å². The molecular formula is C12H3F22LiO3S. The van der Waals surface area contributed by atoms with Crippen LogP contribution in [0.5, 0.6) is 0 Å². The van der Waals surface area contributed by atoms with E-state index in [9.17, 15) is 110 Å². The van der Waals surface area contributed by atoms with E-state index >= 15 is 0 Å². The summed E-state index contributed by atoms with van der Waals surface area (Å²) in [5, 5.41) is 0. The normalized spacial score (nSPS) is 17.6. The first-order chi connectivity index (χ1) is 16.0. The fourth-order valence-corrected chi connectivity index (χ4v) is 2.57. The Balaban J connectivity index is 0. The standard InChI is InChI=1S/C12H4F22O3S.Li/c13-1(2(14)15)4(17,18)6(21,22)8(25,26)10(29,30)12(33,34)11(31,32)9(27,28)7(23,24)5(19,20)3(16)38(35,36)37;/h1-3H,(H,35,36,37);/q;+1/p-1. The zero-order chi connectivity index (χ0) is 31.7. The first kappa shape index (κ1) is 40.1. The molecule has 0 N–H and O–H groups in total. The molecular weight excluding hydrogens is 649 g/mol. The van der Waals surface area contributed by atoms with E-state index in [1.165, 1.54) is 0 Å².